The maximum atomic E-state index is 6.18. The van der Waals surface area contributed by atoms with E-state index in [9.17, 15) is 0 Å². The van der Waals surface area contributed by atoms with Gasteiger partial charge in [0, 0.05) is 28.3 Å². The Morgan fingerprint density at radius 3 is 2.75 bits per heavy atom. The van der Waals surface area contributed by atoms with Crippen LogP contribution in [-0.4, -0.2) is 36.1 Å². The zero-order valence-corrected chi connectivity index (χ0v) is 15.6. The molecular weight excluding hydrogens is 318 g/mol. The van der Waals surface area contributed by atoms with Crippen molar-refractivity contribution in [2.75, 3.05) is 31.5 Å². The van der Waals surface area contributed by atoms with Crippen LogP contribution in [0.5, 0.6) is 0 Å². The fourth-order valence-electron chi connectivity index (χ4n) is 3.66. The number of hydrogen-bond donors (Lipinski definition) is 1. The normalized spacial score (nSPS) is 14.2. The zero-order chi connectivity index (χ0) is 16.9. The van der Waals surface area contributed by atoms with Crippen LogP contribution in [0.4, 0.5) is 5.69 Å². The number of nitrogens with zero attached hydrogens (tertiary/aromatic N) is 2. The predicted molar refractivity (Wildman–Crippen MR) is 104 cm³/mol. The van der Waals surface area contributed by atoms with E-state index in [4.69, 9.17) is 16.6 Å². The molecular formula is C20H28ClN3. The number of hydrogen-bond acceptors (Lipinski definition) is 3. The maximum Gasteiger partial charge on any atom is 0.0741 e. The van der Waals surface area contributed by atoms with Gasteiger partial charge in [-0.2, -0.15) is 0 Å². The molecule has 3 nitrogen and oxygen atoms in total. The Morgan fingerprint density at radius 2 is 1.96 bits per heavy atom. The van der Waals surface area contributed by atoms with Crippen LogP contribution in [-0.2, 0) is 12.8 Å². The number of fused-ring (bicyclic) bond motifs is 2. The topological polar surface area (TPSA) is 28.2 Å². The molecule has 1 N–H and O–H groups in total. The number of halogens is 1. The quantitative estimate of drug-likeness (QED) is 0.722. The largest absolute Gasteiger partial charge is 0.384 e. The van der Waals surface area contributed by atoms with Gasteiger partial charge in [0.15, 0.2) is 0 Å². The minimum atomic E-state index is 0.762. The molecule has 0 amide bonds. The number of nitrogens with one attached hydrogen (secondary N) is 1. The third-order valence-corrected chi connectivity index (χ3v) is 5.31. The second-order valence-electron chi connectivity index (χ2n) is 6.59. The number of rotatable bonds is 7. The Hall–Kier alpha value is -1.32. The van der Waals surface area contributed by atoms with Crippen LogP contribution >= 0.6 is 11.6 Å². The van der Waals surface area contributed by atoms with Crippen molar-refractivity contribution in [3.8, 4) is 0 Å². The van der Waals surface area contributed by atoms with Gasteiger partial charge in [0.1, 0.15) is 0 Å². The molecule has 0 aliphatic heterocycles. The fraction of sp³-hybridized carbons (Fsp3) is 0.550. The molecule has 130 valence electrons. The average molecular weight is 346 g/mol. The van der Waals surface area contributed by atoms with Crippen molar-refractivity contribution in [1.82, 2.24) is 9.88 Å². The molecule has 1 heterocycles. The molecule has 0 unspecified atom stereocenters. The Bertz CT molecular complexity index is 695. The lowest BCUT2D eigenvalue weighted by atomic mass is 9.92. The lowest BCUT2D eigenvalue weighted by molar-refractivity contribution is 0.303. The van der Waals surface area contributed by atoms with E-state index in [-0.39, 0.29) is 0 Å². The molecule has 0 saturated heterocycles. The van der Waals surface area contributed by atoms with E-state index in [1.54, 1.807) is 0 Å². The van der Waals surface area contributed by atoms with E-state index in [0.717, 1.165) is 56.0 Å². The molecule has 0 fully saturated rings. The summed E-state index contributed by atoms with van der Waals surface area (Å²) in [6.07, 6.45) is 5.90. The number of anilines is 1. The second-order valence-corrected chi connectivity index (χ2v) is 7.02. The highest BCUT2D eigenvalue weighted by molar-refractivity contribution is 6.31. The molecule has 0 spiro atoms. The van der Waals surface area contributed by atoms with E-state index in [1.165, 1.54) is 35.2 Å². The molecule has 4 heteroatoms. The van der Waals surface area contributed by atoms with Gasteiger partial charge in [0.25, 0.3) is 0 Å². The first-order valence-corrected chi connectivity index (χ1v) is 9.68. The van der Waals surface area contributed by atoms with Crippen molar-refractivity contribution in [2.24, 2.45) is 0 Å². The van der Waals surface area contributed by atoms with E-state index in [2.05, 4.69) is 30.1 Å². The van der Waals surface area contributed by atoms with Crippen molar-refractivity contribution in [3.63, 3.8) is 0 Å². The van der Waals surface area contributed by atoms with E-state index < -0.39 is 0 Å². The number of benzene rings is 1. The highest BCUT2D eigenvalue weighted by Gasteiger charge is 2.18. The highest BCUT2D eigenvalue weighted by atomic mass is 35.5. The van der Waals surface area contributed by atoms with Crippen molar-refractivity contribution >= 4 is 28.2 Å². The summed E-state index contributed by atoms with van der Waals surface area (Å²) in [5.74, 6) is 0. The van der Waals surface area contributed by atoms with Crippen molar-refractivity contribution in [1.29, 1.82) is 0 Å². The summed E-state index contributed by atoms with van der Waals surface area (Å²) in [5.41, 5.74) is 5.02. The third kappa shape index (κ3) is 3.84. The van der Waals surface area contributed by atoms with Crippen LogP contribution in [0.3, 0.4) is 0 Å². The first-order valence-electron chi connectivity index (χ1n) is 9.30. The lowest BCUT2D eigenvalue weighted by Crippen LogP contribution is -2.25. The summed E-state index contributed by atoms with van der Waals surface area (Å²) in [7, 11) is 0. The minimum Gasteiger partial charge on any atom is -0.384 e. The summed E-state index contributed by atoms with van der Waals surface area (Å²) < 4.78 is 0. The highest BCUT2D eigenvalue weighted by Crippen LogP contribution is 2.34. The molecule has 24 heavy (non-hydrogen) atoms. The minimum absolute atomic E-state index is 0.762. The monoisotopic (exact) mass is 345 g/mol. The molecule has 0 bridgehead atoms. The molecule has 1 aromatic heterocycles. The van der Waals surface area contributed by atoms with Gasteiger partial charge in [-0.25, -0.2) is 0 Å². The maximum absolute atomic E-state index is 6.18. The predicted octanol–water partition coefficient (Wildman–Crippen LogP) is 4.91. The summed E-state index contributed by atoms with van der Waals surface area (Å²) in [6.45, 7) is 8.87. The lowest BCUT2D eigenvalue weighted by Gasteiger charge is -2.23. The number of aromatic nitrogens is 1. The first kappa shape index (κ1) is 17.5. The van der Waals surface area contributed by atoms with Gasteiger partial charge in [0.2, 0.25) is 0 Å². The number of aryl methyl sites for hydroxylation is 1. The van der Waals surface area contributed by atoms with Gasteiger partial charge in [-0.15, -0.1) is 0 Å². The Kier molecular flexibility index (Phi) is 5.96. The number of pyridine rings is 1. The molecule has 1 aromatic carbocycles. The summed E-state index contributed by atoms with van der Waals surface area (Å²) in [6, 6.07) is 6.08. The van der Waals surface area contributed by atoms with E-state index in [1.807, 2.05) is 12.1 Å². The standard InChI is InChI=1S/C20H28ClN3/c1-3-24(4-2)13-7-12-22-20-16-8-5-6-9-18(16)23-19-14-15(21)10-11-17(19)20/h10-11,14H,3-9,12-13H2,1-2H3,(H,22,23). The molecule has 0 saturated carbocycles. The van der Waals surface area contributed by atoms with Gasteiger partial charge in [-0.05, 0) is 75.5 Å². The molecule has 0 radical (unpaired) electrons. The smallest absolute Gasteiger partial charge is 0.0741 e. The summed E-state index contributed by atoms with van der Waals surface area (Å²) in [5, 5.41) is 5.70. The average Bonchev–Trinajstić information content (AvgIpc) is 2.60. The molecule has 2 aromatic rings. The molecule has 0 atom stereocenters. The van der Waals surface area contributed by atoms with Crippen LogP contribution in [0.15, 0.2) is 18.2 Å². The van der Waals surface area contributed by atoms with Gasteiger partial charge >= 0.3 is 0 Å². The molecule has 1 aliphatic rings. The second kappa shape index (κ2) is 8.17. The van der Waals surface area contributed by atoms with Gasteiger partial charge in [-0.3, -0.25) is 4.98 Å². The first-order chi connectivity index (χ1) is 11.7. The van der Waals surface area contributed by atoms with Gasteiger partial charge in [0.05, 0.1) is 5.52 Å². The van der Waals surface area contributed by atoms with E-state index >= 15 is 0 Å². The van der Waals surface area contributed by atoms with Crippen LogP contribution in [0.25, 0.3) is 10.9 Å². The Morgan fingerprint density at radius 1 is 1.17 bits per heavy atom. The fourth-order valence-corrected chi connectivity index (χ4v) is 3.82. The molecule has 1 aliphatic carbocycles. The van der Waals surface area contributed by atoms with Crippen LogP contribution in [0.1, 0.15) is 44.4 Å². The zero-order valence-electron chi connectivity index (χ0n) is 14.9. The van der Waals surface area contributed by atoms with Crippen LogP contribution in [0, 0.1) is 0 Å². The SMILES string of the molecule is CCN(CC)CCCNc1c2c(nc3cc(Cl)ccc13)CCCC2. The van der Waals surface area contributed by atoms with Crippen molar-refractivity contribution < 1.29 is 0 Å². The van der Waals surface area contributed by atoms with Gasteiger partial charge < -0.3 is 10.2 Å². The Balaban J connectivity index is 1.82. The van der Waals surface area contributed by atoms with Gasteiger partial charge in [-0.1, -0.05) is 25.4 Å². The third-order valence-electron chi connectivity index (χ3n) is 5.07. The van der Waals surface area contributed by atoms with Crippen LogP contribution < -0.4 is 5.32 Å². The van der Waals surface area contributed by atoms with Crippen LogP contribution in [0.2, 0.25) is 5.02 Å². The van der Waals surface area contributed by atoms with Crippen molar-refractivity contribution in [3.05, 3.63) is 34.5 Å². The molecule has 3 rings (SSSR count). The Labute approximate surface area is 150 Å². The van der Waals surface area contributed by atoms with E-state index in [0.29, 0.717) is 0 Å². The van der Waals surface area contributed by atoms with Crippen molar-refractivity contribution in [2.45, 2.75) is 46.0 Å². The summed E-state index contributed by atoms with van der Waals surface area (Å²) in [4.78, 5) is 7.36. The summed E-state index contributed by atoms with van der Waals surface area (Å²) >= 11 is 6.18.